The lowest BCUT2D eigenvalue weighted by Crippen LogP contribution is -2.30. The Morgan fingerprint density at radius 1 is 1.00 bits per heavy atom. The Morgan fingerprint density at radius 2 is 1.75 bits per heavy atom. The van der Waals surface area contributed by atoms with E-state index in [9.17, 15) is 9.59 Å². The van der Waals surface area contributed by atoms with E-state index in [2.05, 4.69) is 25.3 Å². The van der Waals surface area contributed by atoms with Crippen LogP contribution in [-0.2, 0) is 11.2 Å². The minimum atomic E-state index is -0.364. The van der Waals surface area contributed by atoms with E-state index in [0.717, 1.165) is 16.8 Å². The summed E-state index contributed by atoms with van der Waals surface area (Å²) in [5.41, 5.74) is 3.36. The zero-order valence-corrected chi connectivity index (χ0v) is 17.7. The van der Waals surface area contributed by atoms with Crippen LogP contribution >= 0.6 is 0 Å². The zero-order valence-electron chi connectivity index (χ0n) is 17.7. The smallest absolute Gasteiger partial charge is 0.254 e. The van der Waals surface area contributed by atoms with Crippen LogP contribution in [0.25, 0.3) is 11.4 Å². The van der Waals surface area contributed by atoms with Gasteiger partial charge < -0.3 is 10.3 Å². The number of benzene rings is 1. The Morgan fingerprint density at radius 3 is 2.44 bits per heavy atom. The molecule has 1 aromatic carbocycles. The summed E-state index contributed by atoms with van der Waals surface area (Å²) in [6, 6.07) is 18.5. The maximum atomic E-state index is 12.8. The van der Waals surface area contributed by atoms with Crippen LogP contribution in [0.2, 0.25) is 0 Å². The Kier molecular flexibility index (Phi) is 6.46. The molecule has 0 aliphatic rings. The third-order valence-electron chi connectivity index (χ3n) is 5.20. The third-order valence-corrected chi connectivity index (χ3v) is 5.20. The topological polar surface area (TPSA) is 101 Å². The first-order valence-corrected chi connectivity index (χ1v) is 10.4. The van der Waals surface area contributed by atoms with Crippen LogP contribution in [0.4, 0.5) is 0 Å². The molecule has 3 aromatic heterocycles. The van der Waals surface area contributed by atoms with Gasteiger partial charge in [0.05, 0.1) is 11.7 Å². The van der Waals surface area contributed by atoms with Crippen LogP contribution < -0.4 is 10.9 Å². The maximum Gasteiger partial charge on any atom is 0.254 e. The van der Waals surface area contributed by atoms with Crippen molar-refractivity contribution in [3.8, 4) is 11.4 Å². The van der Waals surface area contributed by atoms with E-state index in [0.29, 0.717) is 23.5 Å². The van der Waals surface area contributed by atoms with Crippen molar-refractivity contribution < 1.29 is 4.79 Å². The van der Waals surface area contributed by atoms with Crippen LogP contribution in [0.3, 0.4) is 0 Å². The number of H-pyrrole nitrogens is 1. The molecule has 1 unspecified atom stereocenters. The predicted octanol–water partition coefficient (Wildman–Crippen LogP) is 3.37. The molecule has 4 rings (SSSR count). The predicted molar refractivity (Wildman–Crippen MR) is 122 cm³/mol. The normalized spacial score (nSPS) is 11.7. The highest BCUT2D eigenvalue weighted by Crippen LogP contribution is 2.20. The number of nitrogens with one attached hydrogen (secondary N) is 2. The largest absolute Gasteiger partial charge is 0.344 e. The number of rotatable bonds is 7. The molecular formula is C25H23N5O2. The molecule has 0 spiro atoms. The molecule has 1 amide bonds. The number of aryl methyl sites for hydroxylation is 1. The first-order valence-electron chi connectivity index (χ1n) is 10.4. The van der Waals surface area contributed by atoms with Gasteiger partial charge in [-0.05, 0) is 43.2 Å². The van der Waals surface area contributed by atoms with Crippen LogP contribution in [0, 0.1) is 6.92 Å². The van der Waals surface area contributed by atoms with Gasteiger partial charge in [0.25, 0.3) is 5.56 Å². The number of aromatic amines is 1. The molecule has 0 saturated heterocycles. The van der Waals surface area contributed by atoms with E-state index in [1.807, 2.05) is 48.5 Å². The van der Waals surface area contributed by atoms with Gasteiger partial charge in [0, 0.05) is 41.8 Å². The van der Waals surface area contributed by atoms with E-state index < -0.39 is 0 Å². The molecular weight excluding hydrogens is 402 g/mol. The number of aromatic nitrogens is 4. The van der Waals surface area contributed by atoms with E-state index in [-0.39, 0.29) is 23.9 Å². The maximum absolute atomic E-state index is 12.8. The highest BCUT2D eigenvalue weighted by molar-refractivity contribution is 5.77. The fourth-order valence-electron chi connectivity index (χ4n) is 3.54. The molecule has 7 nitrogen and oxygen atoms in total. The molecule has 32 heavy (non-hydrogen) atoms. The standard InChI is InChI=1S/C25H23N5O2/c1-17-20(25(32)30-24(28-17)19-12-15-26-16-13-19)10-11-22(31)29-23(18-7-3-2-4-8-18)21-9-5-6-14-27-21/h2-9,12-16,23H,10-11H2,1H3,(H,29,31)(H,28,30,32). The Bertz CT molecular complexity index is 1200. The van der Waals surface area contributed by atoms with E-state index in [4.69, 9.17) is 0 Å². The van der Waals surface area contributed by atoms with Crippen molar-refractivity contribution in [3.05, 3.63) is 112 Å². The summed E-state index contributed by atoms with van der Waals surface area (Å²) in [6.07, 6.45) is 5.45. The minimum Gasteiger partial charge on any atom is -0.344 e. The molecule has 0 bridgehead atoms. The molecule has 0 aliphatic heterocycles. The number of hydrogen-bond donors (Lipinski definition) is 2. The molecule has 2 N–H and O–H groups in total. The number of carbonyl (C=O) groups is 1. The van der Waals surface area contributed by atoms with Crippen molar-refractivity contribution in [2.24, 2.45) is 0 Å². The van der Waals surface area contributed by atoms with Crippen molar-refractivity contribution in [1.29, 1.82) is 0 Å². The minimum absolute atomic E-state index is 0.163. The van der Waals surface area contributed by atoms with E-state index >= 15 is 0 Å². The van der Waals surface area contributed by atoms with Crippen LogP contribution in [0.5, 0.6) is 0 Å². The second kappa shape index (κ2) is 9.78. The molecule has 0 saturated carbocycles. The first kappa shape index (κ1) is 21.1. The molecule has 0 radical (unpaired) electrons. The van der Waals surface area contributed by atoms with Crippen LogP contribution in [0.1, 0.15) is 35.0 Å². The summed E-state index contributed by atoms with van der Waals surface area (Å²) in [5, 5.41) is 3.05. The van der Waals surface area contributed by atoms with Crippen LogP contribution in [-0.4, -0.2) is 25.8 Å². The highest BCUT2D eigenvalue weighted by atomic mass is 16.1. The number of carbonyl (C=O) groups excluding carboxylic acids is 1. The lowest BCUT2D eigenvalue weighted by molar-refractivity contribution is -0.121. The highest BCUT2D eigenvalue weighted by Gasteiger charge is 2.19. The molecule has 7 heteroatoms. The van der Waals surface area contributed by atoms with Gasteiger partial charge in [0.15, 0.2) is 0 Å². The molecule has 160 valence electrons. The summed E-state index contributed by atoms with van der Waals surface area (Å²) in [7, 11) is 0. The zero-order chi connectivity index (χ0) is 22.3. The molecule has 0 fully saturated rings. The Hall–Kier alpha value is -4.13. The van der Waals surface area contributed by atoms with Gasteiger partial charge in [0.2, 0.25) is 5.91 Å². The quantitative estimate of drug-likeness (QED) is 0.473. The van der Waals surface area contributed by atoms with Crippen LogP contribution in [0.15, 0.2) is 84.0 Å². The number of hydrogen-bond acceptors (Lipinski definition) is 5. The van der Waals surface area contributed by atoms with Gasteiger partial charge in [-0.25, -0.2) is 4.98 Å². The van der Waals surface area contributed by atoms with Crippen molar-refractivity contribution in [2.45, 2.75) is 25.8 Å². The van der Waals surface area contributed by atoms with Crippen molar-refractivity contribution in [1.82, 2.24) is 25.3 Å². The Labute approximate surface area is 185 Å². The summed E-state index contributed by atoms with van der Waals surface area (Å²) < 4.78 is 0. The first-order chi connectivity index (χ1) is 15.6. The summed E-state index contributed by atoms with van der Waals surface area (Å²) in [6.45, 7) is 1.79. The Balaban J connectivity index is 1.49. The monoisotopic (exact) mass is 425 g/mol. The SMILES string of the molecule is Cc1nc(-c2ccncc2)[nH]c(=O)c1CCC(=O)NC(c1ccccc1)c1ccccn1. The second-order valence-electron chi connectivity index (χ2n) is 7.38. The number of nitrogens with zero attached hydrogens (tertiary/aromatic N) is 3. The van der Waals surface area contributed by atoms with E-state index in [1.165, 1.54) is 0 Å². The summed E-state index contributed by atoms with van der Waals surface area (Å²) >= 11 is 0. The third kappa shape index (κ3) is 4.95. The molecule has 3 heterocycles. The lowest BCUT2D eigenvalue weighted by atomic mass is 10.0. The fourth-order valence-corrected chi connectivity index (χ4v) is 3.54. The van der Waals surface area contributed by atoms with Gasteiger partial charge in [-0.15, -0.1) is 0 Å². The van der Waals surface area contributed by atoms with Crippen molar-refractivity contribution >= 4 is 5.91 Å². The number of pyridine rings is 2. The van der Waals surface area contributed by atoms with Gasteiger partial charge in [-0.3, -0.25) is 19.6 Å². The molecule has 4 aromatic rings. The average molecular weight is 425 g/mol. The summed E-state index contributed by atoms with van der Waals surface area (Å²) in [5.74, 6) is 0.323. The molecule has 0 aliphatic carbocycles. The van der Waals surface area contributed by atoms with Crippen molar-refractivity contribution in [3.63, 3.8) is 0 Å². The van der Waals surface area contributed by atoms with Crippen molar-refractivity contribution in [2.75, 3.05) is 0 Å². The van der Waals surface area contributed by atoms with E-state index in [1.54, 1.807) is 37.6 Å². The van der Waals surface area contributed by atoms with Gasteiger partial charge in [-0.2, -0.15) is 0 Å². The molecule has 1 atom stereocenters. The number of amides is 1. The van der Waals surface area contributed by atoms with Gasteiger partial charge in [-0.1, -0.05) is 36.4 Å². The average Bonchev–Trinajstić information content (AvgIpc) is 2.83. The van der Waals surface area contributed by atoms with Gasteiger partial charge in [0.1, 0.15) is 5.82 Å². The van der Waals surface area contributed by atoms with Gasteiger partial charge >= 0.3 is 0 Å². The summed E-state index contributed by atoms with van der Waals surface area (Å²) in [4.78, 5) is 41.2. The lowest BCUT2D eigenvalue weighted by Gasteiger charge is -2.19. The second-order valence-corrected chi connectivity index (χ2v) is 7.38. The fraction of sp³-hybridized carbons (Fsp3) is 0.160.